The summed E-state index contributed by atoms with van der Waals surface area (Å²) < 4.78 is 5.57. The second-order valence-corrected chi connectivity index (χ2v) is 7.35. The van der Waals surface area contributed by atoms with E-state index in [1.54, 1.807) is 12.1 Å². The summed E-state index contributed by atoms with van der Waals surface area (Å²) in [5.74, 6) is 0.671. The van der Waals surface area contributed by atoms with Crippen molar-refractivity contribution < 1.29 is 9.21 Å². The van der Waals surface area contributed by atoms with Gasteiger partial charge in [-0.1, -0.05) is 56.0 Å². The van der Waals surface area contributed by atoms with Gasteiger partial charge in [0.1, 0.15) is 0 Å². The molecular weight excluding hydrogens is 358 g/mol. The number of benzene rings is 1. The van der Waals surface area contributed by atoms with Crippen molar-refractivity contribution in [2.45, 2.75) is 57.2 Å². The molecule has 2 aromatic rings. The minimum Gasteiger partial charge on any atom is -0.411 e. The van der Waals surface area contributed by atoms with E-state index in [1.165, 1.54) is 31.0 Å². The summed E-state index contributed by atoms with van der Waals surface area (Å²) in [6, 6.07) is 7.36. The molecule has 136 valence electrons. The number of hydrogen-bond donors (Lipinski definition) is 1. The monoisotopic (exact) mass is 381 g/mol. The maximum atomic E-state index is 12.0. The lowest BCUT2D eigenvalue weighted by Crippen LogP contribution is -2.33. The van der Waals surface area contributed by atoms with Crippen LogP contribution in [0.5, 0.6) is 0 Å². The maximum Gasteiger partial charge on any atom is 0.277 e. The zero-order valence-electron chi connectivity index (χ0n) is 14.6. The Balaban J connectivity index is 1.74. The van der Waals surface area contributed by atoms with Crippen molar-refractivity contribution in [3.8, 4) is 11.5 Å². The first-order valence-electron chi connectivity index (χ1n) is 8.60. The molecule has 0 saturated heterocycles. The Morgan fingerprint density at radius 3 is 2.72 bits per heavy atom. The zero-order chi connectivity index (χ0) is 18.1. The van der Waals surface area contributed by atoms with Gasteiger partial charge in [-0.3, -0.25) is 4.79 Å². The minimum atomic E-state index is -0.0146. The summed E-state index contributed by atoms with van der Waals surface area (Å²) in [5.41, 5.74) is 0.800. The Hall–Kier alpha value is -1.53. The molecule has 1 atom stereocenters. The van der Waals surface area contributed by atoms with Crippen LogP contribution in [0.3, 0.4) is 0 Å². The third-order valence-electron chi connectivity index (χ3n) is 3.72. The van der Waals surface area contributed by atoms with Gasteiger partial charge in [-0.15, -0.1) is 10.2 Å². The predicted octanol–water partition coefficient (Wildman–Crippen LogP) is 4.96. The molecule has 0 aliphatic rings. The van der Waals surface area contributed by atoms with Crippen molar-refractivity contribution in [1.82, 2.24) is 15.5 Å². The van der Waals surface area contributed by atoms with E-state index in [-0.39, 0.29) is 17.7 Å². The van der Waals surface area contributed by atoms with Crippen LogP contribution in [0.25, 0.3) is 11.5 Å². The summed E-state index contributed by atoms with van der Waals surface area (Å²) in [6.45, 7) is 4.23. The number of hydrogen-bond acceptors (Lipinski definition) is 5. The van der Waals surface area contributed by atoms with E-state index in [4.69, 9.17) is 16.0 Å². The molecule has 1 amide bonds. The van der Waals surface area contributed by atoms with Gasteiger partial charge in [0, 0.05) is 16.6 Å². The van der Waals surface area contributed by atoms with Crippen LogP contribution in [-0.2, 0) is 4.79 Å². The van der Waals surface area contributed by atoms with E-state index >= 15 is 0 Å². The SMILES string of the molecule is CCCCCC[C@H](C)NC(=O)CSc1nnc(-c2ccc(Cl)cc2)o1. The van der Waals surface area contributed by atoms with Gasteiger partial charge in [0.2, 0.25) is 11.8 Å². The molecule has 0 radical (unpaired) electrons. The molecule has 0 spiro atoms. The Morgan fingerprint density at radius 2 is 2.00 bits per heavy atom. The smallest absolute Gasteiger partial charge is 0.277 e. The van der Waals surface area contributed by atoms with E-state index in [9.17, 15) is 4.79 Å². The topological polar surface area (TPSA) is 68.0 Å². The fourth-order valence-electron chi connectivity index (χ4n) is 2.37. The quantitative estimate of drug-likeness (QED) is 0.465. The molecule has 0 fully saturated rings. The van der Waals surface area contributed by atoms with Crippen molar-refractivity contribution in [3.05, 3.63) is 29.3 Å². The molecule has 0 aliphatic carbocycles. The van der Waals surface area contributed by atoms with Crippen LogP contribution in [0.2, 0.25) is 5.02 Å². The number of unbranched alkanes of at least 4 members (excludes halogenated alkanes) is 3. The number of halogens is 1. The number of carbonyl (C=O) groups excluding carboxylic acids is 1. The van der Waals surface area contributed by atoms with E-state index in [0.717, 1.165) is 18.4 Å². The number of amides is 1. The normalized spacial score (nSPS) is 12.1. The zero-order valence-corrected chi connectivity index (χ0v) is 16.2. The molecule has 2 rings (SSSR count). The molecule has 1 N–H and O–H groups in total. The fraction of sp³-hybridized carbons (Fsp3) is 0.500. The Labute approximate surface area is 157 Å². The highest BCUT2D eigenvalue weighted by Crippen LogP contribution is 2.24. The van der Waals surface area contributed by atoms with E-state index in [1.807, 2.05) is 19.1 Å². The molecule has 0 bridgehead atoms. The maximum absolute atomic E-state index is 12.0. The van der Waals surface area contributed by atoms with Crippen LogP contribution >= 0.6 is 23.4 Å². The van der Waals surface area contributed by atoms with Crippen molar-refractivity contribution in [2.24, 2.45) is 0 Å². The molecule has 5 nitrogen and oxygen atoms in total. The Kier molecular flexibility index (Phi) is 8.28. The predicted molar refractivity (Wildman–Crippen MR) is 102 cm³/mol. The lowest BCUT2D eigenvalue weighted by molar-refractivity contribution is -0.119. The van der Waals surface area contributed by atoms with Crippen LogP contribution in [-0.4, -0.2) is 27.9 Å². The molecule has 0 unspecified atom stereocenters. The molecule has 1 heterocycles. The number of nitrogens with zero attached hydrogens (tertiary/aromatic N) is 2. The van der Waals surface area contributed by atoms with Crippen LogP contribution in [0.15, 0.2) is 33.9 Å². The van der Waals surface area contributed by atoms with Crippen molar-refractivity contribution in [3.63, 3.8) is 0 Å². The Morgan fingerprint density at radius 1 is 1.24 bits per heavy atom. The molecule has 0 aliphatic heterocycles. The summed E-state index contributed by atoms with van der Waals surface area (Å²) in [7, 11) is 0. The molecule has 7 heteroatoms. The van der Waals surface area contributed by atoms with E-state index < -0.39 is 0 Å². The van der Waals surface area contributed by atoms with Gasteiger partial charge in [0.05, 0.1) is 5.75 Å². The third-order valence-corrected chi connectivity index (χ3v) is 4.79. The van der Waals surface area contributed by atoms with Gasteiger partial charge in [-0.05, 0) is 37.6 Å². The molecular formula is C18H24ClN3O2S. The first-order valence-corrected chi connectivity index (χ1v) is 9.96. The van der Waals surface area contributed by atoms with Gasteiger partial charge >= 0.3 is 0 Å². The second-order valence-electron chi connectivity index (χ2n) is 5.99. The average Bonchev–Trinajstić information content (AvgIpc) is 3.06. The lowest BCUT2D eigenvalue weighted by atomic mass is 10.1. The fourth-order valence-corrected chi connectivity index (χ4v) is 3.07. The van der Waals surface area contributed by atoms with Crippen molar-refractivity contribution >= 4 is 29.3 Å². The second kappa shape index (κ2) is 10.5. The highest BCUT2D eigenvalue weighted by molar-refractivity contribution is 7.99. The van der Waals surface area contributed by atoms with Crippen LogP contribution in [0.1, 0.15) is 46.0 Å². The number of rotatable bonds is 10. The summed E-state index contributed by atoms with van der Waals surface area (Å²) >= 11 is 7.11. The van der Waals surface area contributed by atoms with Crippen LogP contribution < -0.4 is 5.32 Å². The van der Waals surface area contributed by atoms with E-state index in [2.05, 4.69) is 22.4 Å². The van der Waals surface area contributed by atoms with Crippen LogP contribution in [0, 0.1) is 0 Å². The van der Waals surface area contributed by atoms with Crippen molar-refractivity contribution in [1.29, 1.82) is 0 Å². The van der Waals surface area contributed by atoms with Gasteiger partial charge in [0.15, 0.2) is 0 Å². The van der Waals surface area contributed by atoms with Gasteiger partial charge in [0.25, 0.3) is 5.22 Å². The highest BCUT2D eigenvalue weighted by atomic mass is 35.5. The number of nitrogens with one attached hydrogen (secondary N) is 1. The van der Waals surface area contributed by atoms with E-state index in [0.29, 0.717) is 16.1 Å². The van der Waals surface area contributed by atoms with Crippen LogP contribution in [0.4, 0.5) is 0 Å². The molecule has 1 aromatic carbocycles. The van der Waals surface area contributed by atoms with Gasteiger partial charge in [-0.25, -0.2) is 0 Å². The summed E-state index contributed by atoms with van der Waals surface area (Å²) in [4.78, 5) is 12.0. The first kappa shape index (κ1) is 19.8. The number of thioether (sulfide) groups is 1. The first-order chi connectivity index (χ1) is 12.1. The highest BCUT2D eigenvalue weighted by Gasteiger charge is 2.12. The number of carbonyl (C=O) groups is 1. The largest absolute Gasteiger partial charge is 0.411 e. The van der Waals surface area contributed by atoms with Crippen molar-refractivity contribution in [2.75, 3.05) is 5.75 Å². The van der Waals surface area contributed by atoms with Gasteiger partial charge in [-0.2, -0.15) is 0 Å². The standard InChI is InChI=1S/C18H24ClN3O2S/c1-3-4-5-6-7-13(2)20-16(23)12-25-18-22-21-17(24-18)14-8-10-15(19)11-9-14/h8-11,13H,3-7,12H2,1-2H3,(H,20,23)/t13-/m0/s1. The third kappa shape index (κ3) is 7.08. The lowest BCUT2D eigenvalue weighted by Gasteiger charge is -2.13. The molecule has 0 saturated carbocycles. The summed E-state index contributed by atoms with van der Waals surface area (Å²) in [6.07, 6.45) is 5.86. The number of aromatic nitrogens is 2. The summed E-state index contributed by atoms with van der Waals surface area (Å²) in [5, 5.41) is 12.0. The molecule has 1 aromatic heterocycles. The average molecular weight is 382 g/mol. The minimum absolute atomic E-state index is 0.0146. The Bertz CT molecular complexity index is 661. The van der Waals surface area contributed by atoms with Gasteiger partial charge < -0.3 is 9.73 Å². The molecule has 25 heavy (non-hydrogen) atoms.